The smallest absolute Gasteiger partial charge is 0.137 e. The first-order valence-electron chi connectivity index (χ1n) is 7.24. The van der Waals surface area contributed by atoms with Crippen molar-refractivity contribution >= 4 is 5.78 Å². The third kappa shape index (κ3) is 4.35. The molecule has 1 unspecified atom stereocenters. The highest BCUT2D eigenvalue weighted by Crippen LogP contribution is 2.16. The maximum Gasteiger partial charge on any atom is 0.137 e. The van der Waals surface area contributed by atoms with Crippen molar-refractivity contribution in [1.29, 1.82) is 0 Å². The minimum absolute atomic E-state index is 0.233. The highest BCUT2D eigenvalue weighted by Gasteiger charge is 2.20. The number of rotatable bonds is 6. The van der Waals surface area contributed by atoms with Crippen molar-refractivity contribution in [3.63, 3.8) is 0 Å². The molecule has 0 radical (unpaired) electrons. The highest BCUT2D eigenvalue weighted by molar-refractivity contribution is 5.81. The van der Waals surface area contributed by atoms with Gasteiger partial charge in [0.05, 0.1) is 6.61 Å². The van der Waals surface area contributed by atoms with Crippen molar-refractivity contribution in [2.45, 2.75) is 32.6 Å². The van der Waals surface area contributed by atoms with E-state index in [9.17, 15) is 4.79 Å². The number of carbonyl (C=O) groups is 1. The number of hydrogen-bond donors (Lipinski definition) is 1. The van der Waals surface area contributed by atoms with Crippen LogP contribution in [0.2, 0.25) is 0 Å². The van der Waals surface area contributed by atoms with Gasteiger partial charge in [0.2, 0.25) is 0 Å². The molecule has 1 fully saturated rings. The van der Waals surface area contributed by atoms with E-state index in [0.717, 1.165) is 38.1 Å². The Kier molecular flexibility index (Phi) is 5.40. The van der Waals surface area contributed by atoms with Crippen LogP contribution in [0, 0.1) is 5.92 Å². The molecule has 19 heavy (non-hydrogen) atoms. The average molecular weight is 261 g/mol. The maximum absolute atomic E-state index is 12.1. The number of ketones is 1. The van der Waals surface area contributed by atoms with Crippen LogP contribution in [0.1, 0.15) is 31.7 Å². The first-order valence-corrected chi connectivity index (χ1v) is 7.24. The van der Waals surface area contributed by atoms with Crippen molar-refractivity contribution in [2.24, 2.45) is 5.92 Å². The molecule has 0 amide bonds. The number of nitrogens with one attached hydrogen (secondary N) is 1. The molecule has 0 bridgehead atoms. The van der Waals surface area contributed by atoms with Crippen molar-refractivity contribution in [1.82, 2.24) is 5.32 Å². The van der Waals surface area contributed by atoms with E-state index in [2.05, 4.69) is 17.4 Å². The molecule has 0 spiro atoms. The molecule has 3 heteroatoms. The van der Waals surface area contributed by atoms with E-state index in [1.54, 1.807) is 0 Å². The van der Waals surface area contributed by atoms with Crippen LogP contribution in [0.4, 0.5) is 0 Å². The molecule has 3 nitrogen and oxygen atoms in total. The topological polar surface area (TPSA) is 38.3 Å². The zero-order chi connectivity index (χ0) is 13.5. The summed E-state index contributed by atoms with van der Waals surface area (Å²) in [6.07, 6.45) is 3.66. The Bertz CT molecular complexity index is 394. The summed E-state index contributed by atoms with van der Waals surface area (Å²) in [5, 5.41) is 3.30. The van der Waals surface area contributed by atoms with Crippen LogP contribution in [0.3, 0.4) is 0 Å². The SMILES string of the molecule is CCOc1ccc(CCC(=O)C2CCCNC2)cc1. The van der Waals surface area contributed by atoms with Gasteiger partial charge in [0, 0.05) is 18.9 Å². The molecule has 2 rings (SSSR count). The minimum Gasteiger partial charge on any atom is -0.494 e. The van der Waals surface area contributed by atoms with Gasteiger partial charge in [0.15, 0.2) is 0 Å². The molecule has 1 heterocycles. The van der Waals surface area contributed by atoms with Crippen LogP contribution in [-0.4, -0.2) is 25.5 Å². The highest BCUT2D eigenvalue weighted by atomic mass is 16.5. The lowest BCUT2D eigenvalue weighted by molar-refractivity contribution is -0.123. The second-order valence-electron chi connectivity index (χ2n) is 5.09. The summed E-state index contributed by atoms with van der Waals surface area (Å²) in [6.45, 7) is 4.59. The lowest BCUT2D eigenvalue weighted by Gasteiger charge is -2.21. The van der Waals surface area contributed by atoms with Crippen molar-refractivity contribution in [2.75, 3.05) is 19.7 Å². The number of carbonyl (C=O) groups excluding carboxylic acids is 1. The van der Waals surface area contributed by atoms with E-state index in [1.165, 1.54) is 5.56 Å². The second-order valence-corrected chi connectivity index (χ2v) is 5.09. The number of Topliss-reactive ketones (excluding diaryl/α,β-unsaturated/α-hetero) is 1. The first-order chi connectivity index (χ1) is 9.29. The van der Waals surface area contributed by atoms with Gasteiger partial charge < -0.3 is 10.1 Å². The van der Waals surface area contributed by atoms with E-state index >= 15 is 0 Å². The second kappa shape index (κ2) is 7.29. The van der Waals surface area contributed by atoms with Gasteiger partial charge in [-0.15, -0.1) is 0 Å². The zero-order valence-corrected chi connectivity index (χ0v) is 11.7. The molecule has 1 saturated heterocycles. The number of hydrogen-bond acceptors (Lipinski definition) is 3. The third-order valence-corrected chi connectivity index (χ3v) is 3.65. The fourth-order valence-electron chi connectivity index (χ4n) is 2.52. The van der Waals surface area contributed by atoms with Gasteiger partial charge in [-0.25, -0.2) is 0 Å². The van der Waals surface area contributed by atoms with Gasteiger partial charge in [-0.2, -0.15) is 0 Å². The Morgan fingerprint density at radius 3 is 2.79 bits per heavy atom. The van der Waals surface area contributed by atoms with Crippen LogP contribution in [0.5, 0.6) is 5.75 Å². The van der Waals surface area contributed by atoms with Crippen LogP contribution < -0.4 is 10.1 Å². The predicted molar refractivity (Wildman–Crippen MR) is 76.5 cm³/mol. The number of aryl methyl sites for hydroxylation is 1. The van der Waals surface area contributed by atoms with Crippen molar-refractivity contribution in [3.05, 3.63) is 29.8 Å². The maximum atomic E-state index is 12.1. The zero-order valence-electron chi connectivity index (χ0n) is 11.7. The molecule has 1 aromatic carbocycles. The van der Waals surface area contributed by atoms with E-state index in [-0.39, 0.29) is 5.92 Å². The Hall–Kier alpha value is -1.35. The number of benzene rings is 1. The van der Waals surface area contributed by atoms with Gasteiger partial charge in [-0.05, 0) is 50.4 Å². The van der Waals surface area contributed by atoms with Crippen LogP contribution >= 0.6 is 0 Å². The summed E-state index contributed by atoms with van der Waals surface area (Å²) < 4.78 is 5.41. The van der Waals surface area contributed by atoms with Crippen molar-refractivity contribution < 1.29 is 9.53 Å². The standard InChI is InChI=1S/C16H23NO2/c1-2-19-15-8-5-13(6-9-15)7-10-16(18)14-4-3-11-17-12-14/h5-6,8-9,14,17H,2-4,7,10-12H2,1H3. The van der Waals surface area contributed by atoms with E-state index in [4.69, 9.17) is 4.74 Å². The molecular weight excluding hydrogens is 238 g/mol. The summed E-state index contributed by atoms with van der Waals surface area (Å²) in [6, 6.07) is 8.06. The largest absolute Gasteiger partial charge is 0.494 e. The number of ether oxygens (including phenoxy) is 1. The summed E-state index contributed by atoms with van der Waals surface area (Å²) >= 11 is 0. The van der Waals surface area contributed by atoms with Gasteiger partial charge in [0.1, 0.15) is 11.5 Å². The molecule has 0 aromatic heterocycles. The van der Waals surface area contributed by atoms with Gasteiger partial charge in [-0.3, -0.25) is 4.79 Å². The Morgan fingerprint density at radius 1 is 1.37 bits per heavy atom. The van der Waals surface area contributed by atoms with Gasteiger partial charge in [0.25, 0.3) is 0 Å². The summed E-state index contributed by atoms with van der Waals surface area (Å²) in [4.78, 5) is 12.1. The number of piperidine rings is 1. The molecule has 1 atom stereocenters. The van der Waals surface area contributed by atoms with E-state index < -0.39 is 0 Å². The summed E-state index contributed by atoms with van der Waals surface area (Å²) in [5.41, 5.74) is 1.21. The molecule has 1 aliphatic heterocycles. The van der Waals surface area contributed by atoms with Gasteiger partial charge >= 0.3 is 0 Å². The lowest BCUT2D eigenvalue weighted by atomic mass is 9.91. The average Bonchev–Trinajstić information content (AvgIpc) is 2.47. The fraction of sp³-hybridized carbons (Fsp3) is 0.562. The third-order valence-electron chi connectivity index (χ3n) is 3.65. The molecule has 1 aromatic rings. The molecule has 1 aliphatic rings. The molecule has 0 aliphatic carbocycles. The molecule has 0 saturated carbocycles. The minimum atomic E-state index is 0.233. The van der Waals surface area contributed by atoms with E-state index in [1.807, 2.05) is 19.1 Å². The Labute approximate surface area is 115 Å². The quantitative estimate of drug-likeness (QED) is 0.855. The summed E-state index contributed by atoms with van der Waals surface area (Å²) in [5.74, 6) is 1.53. The fourth-order valence-corrected chi connectivity index (χ4v) is 2.52. The van der Waals surface area contributed by atoms with Crippen LogP contribution in [0.25, 0.3) is 0 Å². The molecule has 1 N–H and O–H groups in total. The molecule has 104 valence electrons. The van der Waals surface area contributed by atoms with Crippen molar-refractivity contribution in [3.8, 4) is 5.75 Å². The normalized spacial score (nSPS) is 19.1. The predicted octanol–water partition coefficient (Wildman–Crippen LogP) is 2.59. The lowest BCUT2D eigenvalue weighted by Crippen LogP contribution is -2.34. The van der Waals surface area contributed by atoms with Gasteiger partial charge in [-0.1, -0.05) is 12.1 Å². The van der Waals surface area contributed by atoms with Crippen LogP contribution in [-0.2, 0) is 11.2 Å². The Balaban J connectivity index is 1.79. The summed E-state index contributed by atoms with van der Waals surface area (Å²) in [7, 11) is 0. The first kappa shape index (κ1) is 14.1. The molecular formula is C16H23NO2. The monoisotopic (exact) mass is 261 g/mol. The Morgan fingerprint density at radius 2 is 2.16 bits per heavy atom. The van der Waals surface area contributed by atoms with Crippen LogP contribution in [0.15, 0.2) is 24.3 Å². The van der Waals surface area contributed by atoms with E-state index in [0.29, 0.717) is 18.8 Å².